The Bertz CT molecular complexity index is 1280. The van der Waals surface area contributed by atoms with E-state index in [1.54, 1.807) is 31.2 Å². The zero-order chi connectivity index (χ0) is 24.6. The summed E-state index contributed by atoms with van der Waals surface area (Å²) in [5.74, 6) is -0.430. The van der Waals surface area contributed by atoms with Crippen molar-refractivity contribution in [1.29, 1.82) is 0 Å². The maximum Gasteiger partial charge on any atom is 0.335 e. The number of rotatable bonds is 9. The van der Waals surface area contributed by atoms with E-state index in [-0.39, 0.29) is 18.1 Å². The lowest BCUT2D eigenvalue weighted by atomic mass is 9.97. The van der Waals surface area contributed by atoms with Crippen molar-refractivity contribution in [2.24, 2.45) is 0 Å². The molecule has 0 saturated carbocycles. The van der Waals surface area contributed by atoms with Gasteiger partial charge in [0.25, 0.3) is 5.91 Å². The zero-order valence-electron chi connectivity index (χ0n) is 20.0. The Morgan fingerprint density at radius 1 is 1.06 bits per heavy atom. The first-order chi connectivity index (χ1) is 17.0. The van der Waals surface area contributed by atoms with Crippen LogP contribution < -0.4 is 10.1 Å². The van der Waals surface area contributed by atoms with Gasteiger partial charge in [-0.15, -0.1) is 0 Å². The highest BCUT2D eigenvalue weighted by Crippen LogP contribution is 2.26. The molecule has 0 spiro atoms. The van der Waals surface area contributed by atoms with Crippen LogP contribution in [0.4, 0.5) is 0 Å². The van der Waals surface area contributed by atoms with Crippen molar-refractivity contribution < 1.29 is 19.4 Å². The minimum absolute atomic E-state index is 0.0995. The first kappa shape index (κ1) is 24.3. The van der Waals surface area contributed by atoms with Crippen LogP contribution in [0.5, 0.6) is 5.75 Å². The Morgan fingerprint density at radius 2 is 1.89 bits per heavy atom. The molecule has 0 radical (unpaired) electrons. The normalized spacial score (nSPS) is 13.9. The molecule has 5 nitrogen and oxygen atoms in total. The lowest BCUT2D eigenvalue weighted by Gasteiger charge is -2.15. The molecular formula is C30H31NO4. The van der Waals surface area contributed by atoms with Crippen molar-refractivity contribution in [1.82, 2.24) is 5.32 Å². The van der Waals surface area contributed by atoms with Crippen LogP contribution in [-0.4, -0.2) is 30.1 Å². The fourth-order valence-electron chi connectivity index (χ4n) is 4.45. The van der Waals surface area contributed by atoms with Crippen LogP contribution in [0.2, 0.25) is 0 Å². The van der Waals surface area contributed by atoms with Crippen molar-refractivity contribution >= 4 is 28.7 Å². The molecule has 0 heterocycles. The molecule has 0 atom stereocenters. The number of carbonyl (C=O) groups is 2. The van der Waals surface area contributed by atoms with Gasteiger partial charge in [-0.1, -0.05) is 60.2 Å². The molecule has 180 valence electrons. The van der Waals surface area contributed by atoms with Crippen molar-refractivity contribution in [3.8, 4) is 5.75 Å². The number of carboxylic acids is 1. The third kappa shape index (κ3) is 6.38. The number of ether oxygens (including phenoxy) is 1. The molecule has 2 N–H and O–H groups in total. The number of carbonyl (C=O) groups excluding carboxylic acids is 1. The van der Waals surface area contributed by atoms with E-state index < -0.39 is 5.97 Å². The van der Waals surface area contributed by atoms with Crippen LogP contribution >= 0.6 is 0 Å². The zero-order valence-corrected chi connectivity index (χ0v) is 20.0. The Labute approximate surface area is 206 Å². The van der Waals surface area contributed by atoms with E-state index in [0.717, 1.165) is 35.6 Å². The molecule has 1 aliphatic carbocycles. The number of allylic oxidation sites excluding steroid dienone is 1. The first-order valence-corrected chi connectivity index (χ1v) is 12.1. The van der Waals surface area contributed by atoms with E-state index in [0.29, 0.717) is 23.4 Å². The van der Waals surface area contributed by atoms with Gasteiger partial charge in [0.15, 0.2) is 0 Å². The van der Waals surface area contributed by atoms with E-state index in [4.69, 9.17) is 4.74 Å². The Kier molecular flexibility index (Phi) is 7.99. The number of amides is 1. The van der Waals surface area contributed by atoms with Gasteiger partial charge in [-0.25, -0.2) is 4.79 Å². The summed E-state index contributed by atoms with van der Waals surface area (Å²) in [5.41, 5.74) is 3.55. The van der Waals surface area contributed by atoms with Crippen molar-refractivity contribution in [2.75, 3.05) is 13.2 Å². The highest BCUT2D eigenvalue weighted by molar-refractivity contribution is 5.98. The molecule has 0 unspecified atom stereocenters. The van der Waals surface area contributed by atoms with Gasteiger partial charge in [0.2, 0.25) is 0 Å². The standard InChI is InChI=1S/C30H31NO4/c1-21-18-23(14-15-26(21)30(33)34)19-25(29(32)31-17-16-22-8-3-2-4-9-22)20-35-28-13-7-11-24-10-5-6-12-27(24)28/h5-8,10-15,18-19H,2-4,9,16-17,20H2,1H3,(H,31,32)(H,33,34)/b25-19+. The Balaban J connectivity index is 1.54. The van der Waals surface area contributed by atoms with Crippen molar-refractivity contribution in [2.45, 2.75) is 39.0 Å². The fraction of sp³-hybridized carbons (Fsp3) is 0.267. The predicted molar refractivity (Wildman–Crippen MR) is 140 cm³/mol. The van der Waals surface area contributed by atoms with Crippen LogP contribution in [0.25, 0.3) is 16.8 Å². The Morgan fingerprint density at radius 3 is 2.66 bits per heavy atom. The summed E-state index contributed by atoms with van der Waals surface area (Å²) in [6.07, 6.45) is 9.62. The molecule has 0 saturated heterocycles. The first-order valence-electron chi connectivity index (χ1n) is 12.1. The van der Waals surface area contributed by atoms with E-state index >= 15 is 0 Å². The fourth-order valence-corrected chi connectivity index (χ4v) is 4.45. The molecule has 0 aliphatic heterocycles. The molecular weight excluding hydrogens is 438 g/mol. The van der Waals surface area contributed by atoms with Gasteiger partial charge in [0.05, 0.1) is 11.1 Å². The summed E-state index contributed by atoms with van der Waals surface area (Å²) in [5, 5.41) is 14.4. The van der Waals surface area contributed by atoms with Gasteiger partial charge in [-0.05, 0) is 73.7 Å². The molecule has 0 aromatic heterocycles. The molecule has 0 fully saturated rings. The molecule has 3 aromatic rings. The number of nitrogens with one attached hydrogen (secondary N) is 1. The third-order valence-corrected chi connectivity index (χ3v) is 6.36. The molecule has 0 bridgehead atoms. The van der Waals surface area contributed by atoms with Crippen LogP contribution in [-0.2, 0) is 4.79 Å². The van der Waals surface area contributed by atoms with Gasteiger partial charge in [0.1, 0.15) is 12.4 Å². The summed E-state index contributed by atoms with van der Waals surface area (Å²) >= 11 is 0. The number of hydrogen-bond acceptors (Lipinski definition) is 3. The van der Waals surface area contributed by atoms with Gasteiger partial charge in [-0.2, -0.15) is 0 Å². The van der Waals surface area contributed by atoms with Crippen LogP contribution in [0, 0.1) is 6.92 Å². The molecule has 35 heavy (non-hydrogen) atoms. The SMILES string of the molecule is Cc1cc(/C=C(\COc2cccc3ccccc23)C(=O)NCCC2=CCCCC2)ccc1C(=O)O. The molecule has 3 aromatic carbocycles. The largest absolute Gasteiger partial charge is 0.488 e. The second-order valence-corrected chi connectivity index (χ2v) is 8.93. The second kappa shape index (κ2) is 11.5. The monoisotopic (exact) mass is 469 g/mol. The topological polar surface area (TPSA) is 75.6 Å². The quantitative estimate of drug-likeness (QED) is 0.284. The van der Waals surface area contributed by atoms with E-state index in [1.807, 2.05) is 42.5 Å². The summed E-state index contributed by atoms with van der Waals surface area (Å²) in [4.78, 5) is 24.5. The third-order valence-electron chi connectivity index (χ3n) is 6.36. The minimum Gasteiger partial charge on any atom is -0.488 e. The van der Waals surface area contributed by atoms with Crippen LogP contribution in [0.15, 0.2) is 77.9 Å². The smallest absolute Gasteiger partial charge is 0.335 e. The number of fused-ring (bicyclic) bond motifs is 1. The van der Waals surface area contributed by atoms with E-state index in [2.05, 4.69) is 11.4 Å². The summed E-state index contributed by atoms with van der Waals surface area (Å²) < 4.78 is 6.13. The van der Waals surface area contributed by atoms with Crippen LogP contribution in [0.3, 0.4) is 0 Å². The summed E-state index contributed by atoms with van der Waals surface area (Å²) in [7, 11) is 0. The minimum atomic E-state index is -0.965. The van der Waals surface area contributed by atoms with Crippen molar-refractivity contribution in [3.63, 3.8) is 0 Å². The van der Waals surface area contributed by atoms with Gasteiger partial charge in [-0.3, -0.25) is 4.79 Å². The lowest BCUT2D eigenvalue weighted by Crippen LogP contribution is -2.28. The number of aromatic carboxylic acids is 1. The van der Waals surface area contributed by atoms with Gasteiger partial charge >= 0.3 is 5.97 Å². The predicted octanol–water partition coefficient (Wildman–Crippen LogP) is 6.32. The number of aryl methyl sites for hydroxylation is 1. The van der Waals surface area contributed by atoms with E-state index in [1.165, 1.54) is 18.4 Å². The van der Waals surface area contributed by atoms with Gasteiger partial charge in [0, 0.05) is 11.9 Å². The van der Waals surface area contributed by atoms with Crippen LogP contribution in [0.1, 0.15) is 53.6 Å². The number of benzene rings is 3. The average Bonchev–Trinajstić information content (AvgIpc) is 2.87. The second-order valence-electron chi connectivity index (χ2n) is 8.93. The summed E-state index contributed by atoms with van der Waals surface area (Å²) in [6.45, 7) is 2.43. The highest BCUT2D eigenvalue weighted by Gasteiger charge is 2.14. The maximum atomic E-state index is 13.2. The lowest BCUT2D eigenvalue weighted by molar-refractivity contribution is -0.117. The average molecular weight is 470 g/mol. The van der Waals surface area contributed by atoms with Crippen molar-refractivity contribution in [3.05, 3.63) is 94.6 Å². The molecule has 5 heteroatoms. The molecule has 1 amide bonds. The number of carboxylic acid groups (broad SMARTS) is 1. The molecule has 4 rings (SSSR count). The Hall–Kier alpha value is -3.86. The van der Waals surface area contributed by atoms with Gasteiger partial charge < -0.3 is 15.2 Å². The summed E-state index contributed by atoms with van der Waals surface area (Å²) in [6, 6.07) is 18.9. The highest BCUT2D eigenvalue weighted by atomic mass is 16.5. The van der Waals surface area contributed by atoms with E-state index in [9.17, 15) is 14.7 Å². The maximum absolute atomic E-state index is 13.2. The molecule has 1 aliphatic rings. The number of hydrogen-bond donors (Lipinski definition) is 2.